The number of alkyl halides is 2. The maximum atomic E-state index is 14.7. The number of nitrogens with one attached hydrogen (secondary N) is 1. The van der Waals surface area contributed by atoms with Gasteiger partial charge in [-0.15, -0.1) is 0 Å². The number of aryl methyl sites for hydroxylation is 2. The van der Waals surface area contributed by atoms with E-state index in [1.807, 2.05) is 12.1 Å². The molecule has 4 aromatic rings. The minimum atomic E-state index is -2.69. The van der Waals surface area contributed by atoms with E-state index in [0.29, 0.717) is 43.6 Å². The van der Waals surface area contributed by atoms with Crippen molar-refractivity contribution < 1.29 is 32.8 Å². The number of rotatable bonds is 7. The lowest BCUT2D eigenvalue weighted by Crippen LogP contribution is -2.54. The standard InChI is InChI=1S/C41H42F2N8O5/c1-22(52)23-5-8-33-32(16-23)38(49-13-3-4-24-17-29(25-20-44-47(2)21-25)30(37(42)43)19-35(24)49)46-51(33)26-11-14-48(15-12-26)27-6-7-28-31(18-27)41(56)50(40(28)55)34-9-10-36(53)45-39(34)54/h6-7,17-21,23,26,34,37H,3-5,8-16H2,1-2H3,(H,45,53,54). The Bertz CT molecular complexity index is 2330. The van der Waals surface area contributed by atoms with Gasteiger partial charge in [0.25, 0.3) is 18.2 Å². The van der Waals surface area contributed by atoms with E-state index in [9.17, 15) is 32.8 Å². The van der Waals surface area contributed by atoms with Crippen molar-refractivity contribution in [1.29, 1.82) is 0 Å². The van der Waals surface area contributed by atoms with E-state index in [-0.39, 0.29) is 47.3 Å². The Hall–Kier alpha value is -5.73. The molecule has 2 unspecified atom stereocenters. The van der Waals surface area contributed by atoms with E-state index in [2.05, 4.69) is 24.9 Å². The predicted octanol–water partition coefficient (Wildman–Crippen LogP) is 5.24. The van der Waals surface area contributed by atoms with Crippen LogP contribution in [0.15, 0.2) is 42.7 Å². The summed E-state index contributed by atoms with van der Waals surface area (Å²) < 4.78 is 33.1. The summed E-state index contributed by atoms with van der Waals surface area (Å²) in [5, 5.41) is 11.7. The molecule has 0 saturated carbocycles. The van der Waals surface area contributed by atoms with Gasteiger partial charge < -0.3 is 9.80 Å². The first kappa shape index (κ1) is 35.9. The fourth-order valence-electron chi connectivity index (χ4n) is 9.37. The van der Waals surface area contributed by atoms with Crippen LogP contribution in [0.25, 0.3) is 11.1 Å². The highest BCUT2D eigenvalue weighted by Crippen LogP contribution is 2.45. The number of aromatic nitrogens is 4. The molecule has 4 aliphatic heterocycles. The summed E-state index contributed by atoms with van der Waals surface area (Å²) >= 11 is 0. The van der Waals surface area contributed by atoms with Crippen LogP contribution in [0.2, 0.25) is 0 Å². The maximum absolute atomic E-state index is 14.7. The number of piperidine rings is 2. The van der Waals surface area contributed by atoms with Crippen LogP contribution in [-0.2, 0) is 40.7 Å². The number of halogens is 2. The number of ketones is 1. The second kappa shape index (κ2) is 13.8. The molecule has 2 atom stereocenters. The van der Waals surface area contributed by atoms with Crippen LogP contribution in [0.5, 0.6) is 0 Å². The number of hydrogen-bond donors (Lipinski definition) is 1. The number of hydrogen-bond acceptors (Lipinski definition) is 9. The first-order valence-electron chi connectivity index (χ1n) is 19.4. The number of imide groups is 2. The van der Waals surface area contributed by atoms with Gasteiger partial charge in [-0.25, -0.2) is 8.78 Å². The number of anilines is 3. The van der Waals surface area contributed by atoms with Crippen LogP contribution < -0.4 is 15.1 Å². The molecule has 290 valence electrons. The normalized spacial score (nSPS) is 21.4. The zero-order valence-corrected chi connectivity index (χ0v) is 31.3. The zero-order chi connectivity index (χ0) is 39.0. The molecule has 2 fully saturated rings. The minimum absolute atomic E-state index is 0.0489. The highest BCUT2D eigenvalue weighted by atomic mass is 19.3. The summed E-state index contributed by atoms with van der Waals surface area (Å²) in [6.45, 7) is 3.57. The molecule has 0 bridgehead atoms. The summed E-state index contributed by atoms with van der Waals surface area (Å²) in [6.07, 6.45) is 5.87. The van der Waals surface area contributed by atoms with E-state index in [1.54, 1.807) is 49.2 Å². The number of fused-ring (bicyclic) bond motifs is 3. The number of carbonyl (C=O) groups is 5. The van der Waals surface area contributed by atoms with Crippen LogP contribution in [0.3, 0.4) is 0 Å². The third kappa shape index (κ3) is 5.98. The smallest absolute Gasteiger partial charge is 0.264 e. The summed E-state index contributed by atoms with van der Waals surface area (Å²) in [6, 6.07) is 7.72. The molecule has 0 radical (unpaired) electrons. The molecular weight excluding hydrogens is 722 g/mol. The van der Waals surface area contributed by atoms with Crippen molar-refractivity contribution in [2.45, 2.75) is 83.2 Å². The van der Waals surface area contributed by atoms with Gasteiger partial charge in [-0.3, -0.25) is 43.6 Å². The topological polar surface area (TPSA) is 143 Å². The van der Waals surface area contributed by atoms with Gasteiger partial charge in [-0.1, -0.05) is 0 Å². The monoisotopic (exact) mass is 764 g/mol. The molecule has 13 nitrogen and oxygen atoms in total. The molecule has 56 heavy (non-hydrogen) atoms. The summed E-state index contributed by atoms with van der Waals surface area (Å²) in [7, 11) is 1.77. The Morgan fingerprint density at radius 3 is 2.41 bits per heavy atom. The van der Waals surface area contributed by atoms with Crippen molar-refractivity contribution in [2.24, 2.45) is 13.0 Å². The molecule has 2 saturated heterocycles. The predicted molar refractivity (Wildman–Crippen MR) is 201 cm³/mol. The summed E-state index contributed by atoms with van der Waals surface area (Å²) in [5.74, 6) is -1.39. The van der Waals surface area contributed by atoms with Crippen molar-refractivity contribution in [1.82, 2.24) is 29.8 Å². The van der Waals surface area contributed by atoms with E-state index < -0.39 is 36.1 Å². The maximum Gasteiger partial charge on any atom is 0.264 e. The molecule has 2 aromatic carbocycles. The van der Waals surface area contributed by atoms with Gasteiger partial charge in [0, 0.05) is 79.0 Å². The van der Waals surface area contributed by atoms with E-state index >= 15 is 0 Å². The van der Waals surface area contributed by atoms with Gasteiger partial charge in [-0.05, 0) is 99.7 Å². The Morgan fingerprint density at radius 1 is 0.911 bits per heavy atom. The SMILES string of the molecule is CC(=O)C1CCc2c(c(N3CCCc4cc(-c5cnn(C)c5)c(C(F)F)cc43)nn2C2CCN(c3ccc4c(c3)C(=O)N(C3CCC(=O)NC3=O)C4=O)CC2)C1. The average Bonchev–Trinajstić information content (AvgIpc) is 3.87. The van der Waals surface area contributed by atoms with Crippen LogP contribution >= 0.6 is 0 Å². The second-order valence-electron chi connectivity index (χ2n) is 15.7. The van der Waals surface area contributed by atoms with E-state index in [1.165, 1.54) is 0 Å². The summed E-state index contributed by atoms with van der Waals surface area (Å²) in [4.78, 5) is 68.9. The van der Waals surface area contributed by atoms with Crippen LogP contribution in [0, 0.1) is 5.92 Å². The van der Waals surface area contributed by atoms with Gasteiger partial charge in [0.1, 0.15) is 11.8 Å². The van der Waals surface area contributed by atoms with Crippen LogP contribution in [0.1, 0.15) is 101 Å². The fraction of sp³-hybridized carbons (Fsp3) is 0.439. The molecule has 5 aliphatic rings. The lowest BCUT2D eigenvalue weighted by atomic mass is 9.84. The number of amides is 4. The minimum Gasteiger partial charge on any atom is -0.371 e. The fourth-order valence-corrected chi connectivity index (χ4v) is 9.37. The molecule has 15 heteroatoms. The van der Waals surface area contributed by atoms with Gasteiger partial charge in [-0.2, -0.15) is 10.2 Å². The number of nitrogens with zero attached hydrogens (tertiary/aromatic N) is 7. The molecule has 4 amide bonds. The first-order chi connectivity index (χ1) is 27.0. The largest absolute Gasteiger partial charge is 0.371 e. The molecular formula is C41H42F2N8O5. The molecule has 9 rings (SSSR count). The highest BCUT2D eigenvalue weighted by Gasteiger charge is 2.45. The van der Waals surface area contributed by atoms with Crippen LogP contribution in [0.4, 0.5) is 26.0 Å². The Labute approximate surface area is 321 Å². The highest BCUT2D eigenvalue weighted by molar-refractivity contribution is 6.23. The molecule has 2 aromatic heterocycles. The van der Waals surface area contributed by atoms with Crippen molar-refractivity contribution in [2.75, 3.05) is 29.4 Å². The van der Waals surface area contributed by atoms with E-state index in [4.69, 9.17) is 5.10 Å². The van der Waals surface area contributed by atoms with Crippen molar-refractivity contribution in [3.05, 3.63) is 76.2 Å². The summed E-state index contributed by atoms with van der Waals surface area (Å²) in [5.41, 5.74) is 6.18. The Balaban J connectivity index is 0.990. The molecule has 1 N–H and O–H groups in total. The van der Waals surface area contributed by atoms with Gasteiger partial charge >= 0.3 is 0 Å². The first-order valence-corrected chi connectivity index (χ1v) is 19.4. The quantitative estimate of drug-likeness (QED) is 0.250. The van der Waals surface area contributed by atoms with Gasteiger partial charge in [0.2, 0.25) is 11.8 Å². The van der Waals surface area contributed by atoms with Crippen molar-refractivity contribution in [3.63, 3.8) is 0 Å². The Kier molecular flexibility index (Phi) is 8.84. The lowest BCUT2D eigenvalue weighted by molar-refractivity contribution is -0.136. The third-order valence-electron chi connectivity index (χ3n) is 12.3. The van der Waals surface area contributed by atoms with Gasteiger partial charge in [0.05, 0.1) is 23.4 Å². The number of Topliss-reactive ketones (excluding diaryl/α,β-unsaturated/α-hetero) is 1. The number of benzene rings is 2. The van der Waals surface area contributed by atoms with Gasteiger partial charge in [0.15, 0.2) is 5.82 Å². The zero-order valence-electron chi connectivity index (χ0n) is 31.3. The molecule has 6 heterocycles. The second-order valence-corrected chi connectivity index (χ2v) is 15.7. The molecule has 1 aliphatic carbocycles. The lowest BCUT2D eigenvalue weighted by Gasteiger charge is -2.35. The number of carbonyl (C=O) groups excluding carboxylic acids is 5. The third-order valence-corrected chi connectivity index (χ3v) is 12.3. The van der Waals surface area contributed by atoms with Crippen molar-refractivity contribution in [3.8, 4) is 11.1 Å². The van der Waals surface area contributed by atoms with Crippen LogP contribution in [-0.4, -0.2) is 79.5 Å². The van der Waals surface area contributed by atoms with Crippen molar-refractivity contribution >= 4 is 46.6 Å². The van der Waals surface area contributed by atoms with E-state index in [0.717, 1.165) is 71.0 Å². The average molecular weight is 765 g/mol. The Morgan fingerprint density at radius 2 is 1.70 bits per heavy atom. The molecule has 0 spiro atoms.